The number of alkyl halides is 1. The minimum Gasteiger partial charge on any atom is -0.375 e. The van der Waals surface area contributed by atoms with Gasteiger partial charge in [0, 0.05) is 24.6 Å². The van der Waals surface area contributed by atoms with Crippen LogP contribution in [-0.2, 0) is 21.2 Å². The normalized spacial score (nSPS) is 20.5. The first kappa shape index (κ1) is 22.3. The summed E-state index contributed by atoms with van der Waals surface area (Å²) in [6, 6.07) is 16.5. The Bertz CT molecular complexity index is 897. The van der Waals surface area contributed by atoms with Gasteiger partial charge in [0.2, 0.25) is 10.0 Å². The second kappa shape index (κ2) is 9.17. The average Bonchev–Trinajstić information content (AvgIpc) is 2.68. The second-order valence-electron chi connectivity index (χ2n) is 8.26. The van der Waals surface area contributed by atoms with Gasteiger partial charge in [0.05, 0.1) is 10.5 Å². The molecule has 1 fully saturated rings. The maximum atomic E-state index is 13.8. The van der Waals surface area contributed by atoms with Crippen LogP contribution in [0, 0.1) is 0 Å². The number of ether oxygens (including phenoxy) is 1. The molecule has 0 N–H and O–H groups in total. The summed E-state index contributed by atoms with van der Waals surface area (Å²) in [4.78, 5) is 0.322. The van der Waals surface area contributed by atoms with Gasteiger partial charge in [0.15, 0.2) is 0 Å². The van der Waals surface area contributed by atoms with Crippen molar-refractivity contribution in [2.45, 2.75) is 62.6 Å². The van der Waals surface area contributed by atoms with E-state index in [2.05, 4.69) is 0 Å². The Kier molecular flexibility index (Phi) is 7.05. The van der Waals surface area contributed by atoms with Crippen molar-refractivity contribution in [3.63, 3.8) is 0 Å². The molecule has 2 unspecified atom stereocenters. The minimum atomic E-state index is -3.69. The lowest BCUT2D eigenvalue weighted by molar-refractivity contribution is -0.0758. The lowest BCUT2D eigenvalue weighted by Crippen LogP contribution is -2.49. The first-order chi connectivity index (χ1) is 13.7. The van der Waals surface area contributed by atoms with E-state index in [1.165, 1.54) is 0 Å². The molecule has 2 aromatic carbocycles. The van der Waals surface area contributed by atoms with Crippen molar-refractivity contribution in [2.24, 2.45) is 0 Å². The highest BCUT2D eigenvalue weighted by atomic mass is 35.5. The van der Waals surface area contributed by atoms with E-state index >= 15 is 0 Å². The molecule has 2 atom stereocenters. The van der Waals surface area contributed by atoms with Crippen LogP contribution in [0.15, 0.2) is 59.5 Å². The molecule has 2 aromatic rings. The summed E-state index contributed by atoms with van der Waals surface area (Å²) in [5.41, 5.74) is 1.67. The van der Waals surface area contributed by atoms with E-state index in [-0.39, 0.29) is 17.7 Å². The summed E-state index contributed by atoms with van der Waals surface area (Å²) in [6.07, 6.45) is 2.07. The van der Waals surface area contributed by atoms with Crippen molar-refractivity contribution >= 4 is 21.6 Å². The summed E-state index contributed by atoms with van der Waals surface area (Å²) >= 11 is 5.82. The topological polar surface area (TPSA) is 46.6 Å². The largest absolute Gasteiger partial charge is 0.375 e. The van der Waals surface area contributed by atoms with Gasteiger partial charge in [-0.15, -0.1) is 11.6 Å². The predicted octanol–water partition coefficient (Wildman–Crippen LogP) is 5.18. The van der Waals surface area contributed by atoms with Crippen molar-refractivity contribution in [1.82, 2.24) is 4.31 Å². The van der Waals surface area contributed by atoms with Crippen LogP contribution >= 0.6 is 11.6 Å². The first-order valence-electron chi connectivity index (χ1n) is 10.1. The van der Waals surface area contributed by atoms with Crippen molar-refractivity contribution in [3.05, 3.63) is 65.7 Å². The number of hydrogen-bond donors (Lipinski definition) is 0. The number of rotatable bonds is 7. The van der Waals surface area contributed by atoms with Crippen LogP contribution in [0.5, 0.6) is 0 Å². The van der Waals surface area contributed by atoms with Crippen LogP contribution in [0.1, 0.15) is 50.8 Å². The maximum absolute atomic E-state index is 13.8. The van der Waals surface area contributed by atoms with Crippen molar-refractivity contribution in [3.8, 4) is 0 Å². The van der Waals surface area contributed by atoms with Gasteiger partial charge in [0.1, 0.15) is 0 Å². The Morgan fingerprint density at radius 3 is 2.38 bits per heavy atom. The highest BCUT2D eigenvalue weighted by Gasteiger charge is 2.41. The summed E-state index contributed by atoms with van der Waals surface area (Å²) in [5, 5.41) is 0. The summed E-state index contributed by atoms with van der Waals surface area (Å²) in [7, 11) is -3.69. The Morgan fingerprint density at radius 1 is 1.14 bits per heavy atom. The lowest BCUT2D eigenvalue weighted by Gasteiger charge is -2.43. The van der Waals surface area contributed by atoms with Crippen LogP contribution in [0.3, 0.4) is 0 Å². The standard InChI is InChI=1S/C23H30ClNO3S/c1-18(20-7-5-4-6-8-20)25(21-14-16-28-23(2,3)17-21)29(26,27)22-11-9-19(10-12-22)13-15-24/h4-12,18,21H,13-17H2,1-3H3. The van der Waals surface area contributed by atoms with E-state index in [0.717, 1.165) is 17.5 Å². The van der Waals surface area contributed by atoms with Crippen molar-refractivity contribution in [1.29, 1.82) is 0 Å². The molecule has 0 bridgehead atoms. The molecular weight excluding hydrogens is 406 g/mol. The number of aryl methyl sites for hydroxylation is 1. The summed E-state index contributed by atoms with van der Waals surface area (Å²) < 4.78 is 35.1. The third kappa shape index (κ3) is 5.21. The first-order valence-corrected chi connectivity index (χ1v) is 12.1. The fourth-order valence-corrected chi connectivity index (χ4v) is 6.13. The van der Waals surface area contributed by atoms with E-state index < -0.39 is 10.0 Å². The zero-order valence-corrected chi connectivity index (χ0v) is 18.9. The quantitative estimate of drug-likeness (QED) is 0.563. The van der Waals surface area contributed by atoms with Crippen LogP contribution in [0.25, 0.3) is 0 Å². The van der Waals surface area contributed by atoms with Crippen molar-refractivity contribution in [2.75, 3.05) is 12.5 Å². The fraction of sp³-hybridized carbons (Fsp3) is 0.478. The molecule has 0 aliphatic carbocycles. The molecule has 0 radical (unpaired) electrons. The van der Waals surface area contributed by atoms with E-state index in [1.54, 1.807) is 16.4 Å². The van der Waals surface area contributed by atoms with Gasteiger partial charge >= 0.3 is 0 Å². The van der Waals surface area contributed by atoms with Gasteiger partial charge in [-0.25, -0.2) is 8.42 Å². The molecule has 1 aliphatic rings. The molecule has 158 valence electrons. The predicted molar refractivity (Wildman–Crippen MR) is 118 cm³/mol. The molecule has 4 nitrogen and oxygen atoms in total. The third-order valence-corrected chi connectivity index (χ3v) is 7.80. The van der Waals surface area contributed by atoms with E-state index in [0.29, 0.717) is 30.2 Å². The molecule has 1 aliphatic heterocycles. The fourth-order valence-electron chi connectivity index (χ4n) is 4.07. The Hall–Kier alpha value is -1.40. The van der Waals surface area contributed by atoms with E-state index in [9.17, 15) is 8.42 Å². The number of benzene rings is 2. The molecule has 0 amide bonds. The SMILES string of the molecule is CC(c1ccccc1)N(C1CCOC(C)(C)C1)S(=O)(=O)c1ccc(CCCl)cc1. The minimum absolute atomic E-state index is 0.124. The molecule has 3 rings (SSSR count). The smallest absolute Gasteiger partial charge is 0.243 e. The monoisotopic (exact) mass is 435 g/mol. The highest BCUT2D eigenvalue weighted by molar-refractivity contribution is 7.89. The van der Waals surface area contributed by atoms with Gasteiger partial charge < -0.3 is 4.74 Å². The number of sulfonamides is 1. The van der Waals surface area contributed by atoms with Crippen LogP contribution in [-0.4, -0.2) is 36.9 Å². The zero-order chi connectivity index (χ0) is 21.1. The molecule has 0 aromatic heterocycles. The molecular formula is C23H30ClNO3S. The Balaban J connectivity index is 2.01. The zero-order valence-electron chi connectivity index (χ0n) is 17.3. The van der Waals surface area contributed by atoms with E-state index in [1.807, 2.05) is 63.2 Å². The molecule has 1 heterocycles. The molecule has 0 spiro atoms. The maximum Gasteiger partial charge on any atom is 0.243 e. The third-order valence-electron chi connectivity index (χ3n) is 5.58. The van der Waals surface area contributed by atoms with Gasteiger partial charge in [0.25, 0.3) is 0 Å². The van der Waals surface area contributed by atoms with Gasteiger partial charge in [-0.05, 0) is 63.3 Å². The van der Waals surface area contributed by atoms with Gasteiger partial charge in [-0.1, -0.05) is 42.5 Å². The van der Waals surface area contributed by atoms with Gasteiger partial charge in [-0.2, -0.15) is 4.31 Å². The molecule has 0 saturated carbocycles. The second-order valence-corrected chi connectivity index (χ2v) is 10.5. The molecule has 29 heavy (non-hydrogen) atoms. The molecule has 6 heteroatoms. The average molecular weight is 436 g/mol. The van der Waals surface area contributed by atoms with Crippen molar-refractivity contribution < 1.29 is 13.2 Å². The molecule has 1 saturated heterocycles. The van der Waals surface area contributed by atoms with Crippen LogP contribution in [0.4, 0.5) is 0 Å². The van der Waals surface area contributed by atoms with Crippen LogP contribution in [0.2, 0.25) is 0 Å². The Morgan fingerprint density at radius 2 is 1.79 bits per heavy atom. The lowest BCUT2D eigenvalue weighted by atomic mass is 9.93. The highest BCUT2D eigenvalue weighted by Crippen LogP contribution is 2.36. The Labute approximate surface area is 179 Å². The summed E-state index contributed by atoms with van der Waals surface area (Å²) in [6.45, 7) is 6.58. The van der Waals surface area contributed by atoms with Crippen LogP contribution < -0.4 is 0 Å². The van der Waals surface area contributed by atoms with Gasteiger partial charge in [-0.3, -0.25) is 0 Å². The number of hydrogen-bond acceptors (Lipinski definition) is 3. The van der Waals surface area contributed by atoms with E-state index in [4.69, 9.17) is 16.3 Å². The summed E-state index contributed by atoms with van der Waals surface area (Å²) in [5.74, 6) is 0.514. The number of nitrogens with zero attached hydrogens (tertiary/aromatic N) is 1. The number of halogens is 1.